The zero-order valence-electron chi connectivity index (χ0n) is 19.0. The van der Waals surface area contributed by atoms with Crippen LogP contribution in [-0.2, 0) is 10.0 Å². The molecule has 9 heteroatoms. The molecule has 0 radical (unpaired) electrons. The fourth-order valence-corrected chi connectivity index (χ4v) is 5.44. The van der Waals surface area contributed by atoms with Crippen LogP contribution in [0.5, 0.6) is 0 Å². The monoisotopic (exact) mass is 483 g/mol. The summed E-state index contributed by atoms with van der Waals surface area (Å²) in [7, 11) is -3.87. The summed E-state index contributed by atoms with van der Waals surface area (Å²) in [6, 6.07) is 15.9. The second-order valence-corrected chi connectivity index (χ2v) is 10.1. The van der Waals surface area contributed by atoms with Gasteiger partial charge in [0.05, 0.1) is 16.1 Å². The van der Waals surface area contributed by atoms with E-state index in [1.54, 1.807) is 36.4 Å². The number of anilines is 3. The van der Waals surface area contributed by atoms with Gasteiger partial charge in [0.1, 0.15) is 5.82 Å². The lowest BCUT2D eigenvalue weighted by Gasteiger charge is -2.38. The number of sulfonamides is 1. The molecule has 0 atom stereocenters. The molecule has 1 aliphatic rings. The van der Waals surface area contributed by atoms with Crippen molar-refractivity contribution < 1.29 is 22.7 Å². The van der Waals surface area contributed by atoms with Gasteiger partial charge in [-0.25, -0.2) is 17.6 Å². The molecule has 1 saturated heterocycles. The molecule has 1 fully saturated rings. The predicted molar refractivity (Wildman–Crippen MR) is 131 cm³/mol. The highest BCUT2D eigenvalue weighted by molar-refractivity contribution is 7.92. The Balaban J connectivity index is 1.53. The quantitative estimate of drug-likeness (QED) is 0.544. The van der Waals surface area contributed by atoms with E-state index in [4.69, 9.17) is 0 Å². The first-order valence-corrected chi connectivity index (χ1v) is 12.3. The van der Waals surface area contributed by atoms with Crippen molar-refractivity contribution in [2.75, 3.05) is 40.7 Å². The number of carbonyl (C=O) groups is 1. The molecule has 0 aliphatic carbocycles. The van der Waals surface area contributed by atoms with Gasteiger partial charge in [-0.1, -0.05) is 6.07 Å². The van der Waals surface area contributed by atoms with Gasteiger partial charge in [-0.2, -0.15) is 0 Å². The van der Waals surface area contributed by atoms with E-state index >= 15 is 0 Å². The number of nitrogens with one attached hydrogen (secondary N) is 1. The first-order valence-electron chi connectivity index (χ1n) is 10.9. The van der Waals surface area contributed by atoms with Crippen molar-refractivity contribution in [1.29, 1.82) is 0 Å². The molecule has 0 spiro atoms. The minimum absolute atomic E-state index is 0.0239. The van der Waals surface area contributed by atoms with E-state index < -0.39 is 16.0 Å². The molecule has 2 N–H and O–H groups in total. The number of benzene rings is 3. The molecule has 0 saturated carbocycles. The van der Waals surface area contributed by atoms with Crippen LogP contribution in [0.2, 0.25) is 0 Å². The van der Waals surface area contributed by atoms with Crippen molar-refractivity contribution >= 4 is 33.1 Å². The van der Waals surface area contributed by atoms with E-state index in [0.29, 0.717) is 31.9 Å². The molecule has 3 aromatic carbocycles. The molecule has 0 bridgehead atoms. The van der Waals surface area contributed by atoms with Gasteiger partial charge in [-0.15, -0.1) is 0 Å². The fourth-order valence-electron chi connectivity index (χ4n) is 4.21. The maximum absolute atomic E-state index is 13.2. The molecule has 4 rings (SSSR count). The van der Waals surface area contributed by atoms with Crippen molar-refractivity contribution in [2.45, 2.75) is 18.7 Å². The van der Waals surface area contributed by atoms with Gasteiger partial charge in [0.25, 0.3) is 10.0 Å². The molecule has 3 aromatic rings. The Morgan fingerprint density at radius 1 is 0.882 bits per heavy atom. The Hall–Kier alpha value is -3.59. The Kier molecular flexibility index (Phi) is 6.47. The number of hydrogen-bond donors (Lipinski definition) is 2. The average molecular weight is 484 g/mol. The van der Waals surface area contributed by atoms with Gasteiger partial charge < -0.3 is 14.9 Å². The smallest absolute Gasteiger partial charge is 0.337 e. The summed E-state index contributed by atoms with van der Waals surface area (Å²) < 4.78 is 41.4. The van der Waals surface area contributed by atoms with Crippen molar-refractivity contribution in [3.63, 3.8) is 0 Å². The topological polar surface area (TPSA) is 90.0 Å². The molecule has 1 aliphatic heterocycles. The molecular formula is C25H26FN3O4S. The highest BCUT2D eigenvalue weighted by Gasteiger charge is 2.23. The van der Waals surface area contributed by atoms with Gasteiger partial charge in [0.15, 0.2) is 0 Å². The van der Waals surface area contributed by atoms with Crippen LogP contribution in [0, 0.1) is 19.7 Å². The van der Waals surface area contributed by atoms with Crippen LogP contribution in [0.1, 0.15) is 21.5 Å². The van der Waals surface area contributed by atoms with Crippen molar-refractivity contribution in [1.82, 2.24) is 0 Å². The number of aryl methyl sites for hydroxylation is 2. The van der Waals surface area contributed by atoms with Gasteiger partial charge in [-0.3, -0.25) is 4.72 Å². The minimum atomic E-state index is -3.87. The summed E-state index contributed by atoms with van der Waals surface area (Å²) in [6.45, 7) is 6.08. The molecule has 1 heterocycles. The number of hydrogen-bond acceptors (Lipinski definition) is 5. The van der Waals surface area contributed by atoms with Gasteiger partial charge in [0.2, 0.25) is 0 Å². The van der Waals surface area contributed by atoms with Crippen molar-refractivity contribution in [3.05, 3.63) is 83.2 Å². The molecule has 34 heavy (non-hydrogen) atoms. The third-order valence-electron chi connectivity index (χ3n) is 5.80. The summed E-state index contributed by atoms with van der Waals surface area (Å²) in [5.41, 5.74) is 3.29. The van der Waals surface area contributed by atoms with E-state index in [1.807, 2.05) is 24.8 Å². The highest BCUT2D eigenvalue weighted by Crippen LogP contribution is 2.28. The second-order valence-electron chi connectivity index (χ2n) is 8.42. The molecular weight excluding hydrogens is 457 g/mol. The zero-order valence-corrected chi connectivity index (χ0v) is 19.8. The molecule has 0 amide bonds. The van der Waals surface area contributed by atoms with Crippen molar-refractivity contribution in [3.8, 4) is 0 Å². The maximum atomic E-state index is 13.2. The van der Waals surface area contributed by atoms with E-state index in [1.165, 1.54) is 18.2 Å². The van der Waals surface area contributed by atoms with Crippen LogP contribution in [0.3, 0.4) is 0 Å². The Morgan fingerprint density at radius 2 is 1.47 bits per heavy atom. The maximum Gasteiger partial charge on any atom is 0.337 e. The second kappa shape index (κ2) is 9.34. The zero-order chi connectivity index (χ0) is 24.5. The first-order chi connectivity index (χ1) is 16.1. The van der Waals surface area contributed by atoms with Crippen LogP contribution < -0.4 is 14.5 Å². The van der Waals surface area contributed by atoms with Gasteiger partial charge in [0, 0.05) is 37.6 Å². The standard InChI is InChI=1S/C25H26FN3O4S/c1-17-13-18(2)15-22(14-17)34(32,33)27-20-5-8-24(23(16-20)25(30)31)29-11-9-28(10-12-29)21-6-3-19(26)4-7-21/h3-8,13-16,27H,9-12H2,1-2H3,(H,30,31). The fraction of sp³-hybridized carbons (Fsp3) is 0.240. The number of nitrogens with zero attached hydrogens (tertiary/aromatic N) is 2. The minimum Gasteiger partial charge on any atom is -0.478 e. The molecule has 7 nitrogen and oxygen atoms in total. The van der Waals surface area contributed by atoms with E-state index in [0.717, 1.165) is 16.8 Å². The number of halogens is 1. The van der Waals surface area contributed by atoms with E-state index in [2.05, 4.69) is 9.62 Å². The number of aromatic carboxylic acids is 1. The predicted octanol–water partition coefficient (Wildman–Crippen LogP) is 4.27. The number of carboxylic acids is 1. The Bertz CT molecular complexity index is 1300. The van der Waals surface area contributed by atoms with Crippen LogP contribution in [-0.4, -0.2) is 45.7 Å². The number of piperazine rings is 1. The van der Waals surface area contributed by atoms with E-state index in [-0.39, 0.29) is 22.0 Å². The van der Waals surface area contributed by atoms with E-state index in [9.17, 15) is 22.7 Å². The van der Waals surface area contributed by atoms with Gasteiger partial charge in [-0.05, 0) is 79.6 Å². The first kappa shape index (κ1) is 23.6. The van der Waals surface area contributed by atoms with Crippen LogP contribution >= 0.6 is 0 Å². The van der Waals surface area contributed by atoms with Gasteiger partial charge >= 0.3 is 5.97 Å². The van der Waals surface area contributed by atoms with Crippen LogP contribution in [0.4, 0.5) is 21.5 Å². The Morgan fingerprint density at radius 3 is 2.06 bits per heavy atom. The summed E-state index contributed by atoms with van der Waals surface area (Å²) in [5, 5.41) is 9.82. The molecule has 0 unspecified atom stereocenters. The molecule has 178 valence electrons. The summed E-state index contributed by atoms with van der Waals surface area (Å²) in [6.07, 6.45) is 0. The third-order valence-corrected chi connectivity index (χ3v) is 7.16. The summed E-state index contributed by atoms with van der Waals surface area (Å²) in [5.74, 6) is -1.43. The lowest BCUT2D eigenvalue weighted by atomic mass is 10.1. The summed E-state index contributed by atoms with van der Waals surface area (Å²) >= 11 is 0. The Labute approximate surface area is 198 Å². The summed E-state index contributed by atoms with van der Waals surface area (Å²) in [4.78, 5) is 16.2. The lowest BCUT2D eigenvalue weighted by molar-refractivity contribution is 0.0697. The normalized spacial score (nSPS) is 14.2. The van der Waals surface area contributed by atoms with Crippen LogP contribution in [0.25, 0.3) is 0 Å². The number of rotatable bonds is 6. The lowest BCUT2D eigenvalue weighted by Crippen LogP contribution is -2.47. The molecule has 0 aromatic heterocycles. The average Bonchev–Trinajstić information content (AvgIpc) is 2.79. The van der Waals surface area contributed by atoms with Crippen molar-refractivity contribution in [2.24, 2.45) is 0 Å². The third kappa shape index (κ3) is 5.14. The number of carboxylic acid groups (broad SMARTS) is 1. The highest BCUT2D eigenvalue weighted by atomic mass is 32.2. The van der Waals surface area contributed by atoms with Crippen LogP contribution in [0.15, 0.2) is 65.6 Å². The largest absolute Gasteiger partial charge is 0.478 e. The SMILES string of the molecule is Cc1cc(C)cc(S(=O)(=O)Nc2ccc(N3CCN(c4ccc(F)cc4)CC3)c(C(=O)O)c2)c1.